The molecular formula is C50H72ClFN7O14S+. The summed E-state index contributed by atoms with van der Waals surface area (Å²) in [5.74, 6) is -3.68. The molecule has 10 unspecified atom stereocenters. The molecule has 1 aromatic carbocycles. The largest absolute Gasteiger partial charge is 0.492 e. The Morgan fingerprint density at radius 2 is 1.76 bits per heavy atom. The maximum atomic E-state index is 17.1. The lowest BCUT2D eigenvalue weighted by Gasteiger charge is -2.51. The summed E-state index contributed by atoms with van der Waals surface area (Å²) in [6, 6.07) is -2.06. The van der Waals surface area contributed by atoms with Crippen molar-refractivity contribution in [3.05, 3.63) is 21.6 Å². The van der Waals surface area contributed by atoms with E-state index in [1.165, 1.54) is 12.0 Å². The van der Waals surface area contributed by atoms with Crippen LogP contribution in [0.2, 0.25) is 0 Å². The third-order valence-corrected chi connectivity index (χ3v) is 16.4. The molecule has 2 aromatic rings. The number of likely N-dealkylation sites (N-methyl/N-ethyl adjacent to an activating group) is 1. The number of amides is 2. The number of anilines is 2. The number of thioether (sulfide) groups is 1. The van der Waals surface area contributed by atoms with Crippen molar-refractivity contribution in [2.45, 2.75) is 151 Å². The summed E-state index contributed by atoms with van der Waals surface area (Å²) in [6.07, 6.45) is 0.701. The molecule has 4 fully saturated rings. The number of carboxylic acids is 1. The van der Waals surface area contributed by atoms with E-state index < -0.39 is 113 Å². The normalized spacial score (nSPS) is 26.8. The third kappa shape index (κ3) is 11.6. The number of hydrogen-bond donors (Lipinski definition) is 5. The summed E-state index contributed by atoms with van der Waals surface area (Å²) in [5, 5.41) is 38.6. The van der Waals surface area contributed by atoms with E-state index in [0.29, 0.717) is 44.7 Å². The fraction of sp³-hybridized carbons (Fsp3) is 0.700. The number of piperazine rings is 1. The van der Waals surface area contributed by atoms with E-state index >= 15 is 4.39 Å². The van der Waals surface area contributed by atoms with Gasteiger partial charge in [0.25, 0.3) is 5.69 Å². The molecule has 7 rings (SSSR count). The van der Waals surface area contributed by atoms with Gasteiger partial charge in [-0.2, -0.15) is 8.97 Å². The monoisotopic (exact) mass is 1080 g/mol. The zero-order valence-corrected chi connectivity index (χ0v) is 45.0. The molecular weight excluding hydrogens is 1010 g/mol. The molecule has 5 heterocycles. The standard InChI is InChI=1S/C50H71ClFN7O14S/c1-9-12-28-22-30(55(6)24-28)47(65)54-36(27(5)51)43-41(63)42(64)45(50(11-3,73-43)74-8)72-32(61)16-15-31(60)70-25-71-49(68)58-21-20-57(23-26(58)4)39-35(52)37(56-18-19-56)33-38(44(39)69-7)59(29-13-14-29)46(53-17-10-2)34(40(33)62)48(66)67/h18,26-30,36,41-43,45,63-64H,9-17,19-25H2,1-8H3,(H2-,53,54,62,65,66,67)/p+1. The second-order valence-corrected chi connectivity index (χ2v) is 21.7. The number of carboxylic acid groups (broad SMARTS) is 1. The number of carbonyl (C=O) groups is 5. The van der Waals surface area contributed by atoms with Crippen LogP contribution in [0.5, 0.6) is 5.75 Å². The van der Waals surface area contributed by atoms with Crippen LogP contribution in [0.4, 0.5) is 26.4 Å². The fourth-order valence-electron chi connectivity index (χ4n) is 10.8. The second kappa shape index (κ2) is 23.9. The Kier molecular flexibility index (Phi) is 18.4. The average Bonchev–Trinajstić information content (AvgIpc) is 4.32. The number of aromatic nitrogens is 1. The van der Waals surface area contributed by atoms with Gasteiger partial charge >= 0.3 is 24.0 Å². The van der Waals surface area contributed by atoms with Crippen molar-refractivity contribution < 1.29 is 71.9 Å². The van der Waals surface area contributed by atoms with Gasteiger partial charge in [-0.25, -0.2) is 9.59 Å². The number of fused-ring (bicyclic) bond motifs is 1. The number of pyridine rings is 1. The number of nitrogens with one attached hydrogen (secondary N) is 2. The molecule has 21 nitrogen and oxygen atoms in total. The number of likely N-dealkylation sites (tertiary alicyclic amines) is 1. The molecule has 1 saturated carbocycles. The molecule has 2 amide bonds. The lowest BCUT2D eigenvalue weighted by molar-refractivity contribution is -0.341. The first-order valence-corrected chi connectivity index (χ1v) is 27.3. The SMILES string of the molecule is CCCNc1c(C(=O)O)c(=O)c2c([N+]3=CC3)c(F)c(N3CCN(C(=O)OCOC(=O)CCC(=O)OC4C(O)C(O)C(C(NC(=O)C5CC(CCC)CN5C)C(C)Cl)OC4(CC)SC)C(C)C3)c(OC)c2n1C1CC1. The molecule has 410 valence electrons. The molecule has 4 aliphatic heterocycles. The van der Waals surface area contributed by atoms with Crippen molar-refractivity contribution >= 4 is 87.6 Å². The van der Waals surface area contributed by atoms with Gasteiger partial charge in [-0.15, -0.1) is 23.4 Å². The lowest BCUT2D eigenvalue weighted by atomic mass is 9.88. The summed E-state index contributed by atoms with van der Waals surface area (Å²) < 4.78 is 49.0. The van der Waals surface area contributed by atoms with Gasteiger partial charge in [-0.05, 0) is 71.6 Å². The number of nitrogens with zero attached hydrogens (tertiary/aromatic N) is 5. The van der Waals surface area contributed by atoms with Gasteiger partial charge in [0.15, 0.2) is 16.8 Å². The van der Waals surface area contributed by atoms with E-state index in [1.807, 2.05) is 18.9 Å². The highest BCUT2D eigenvalue weighted by atomic mass is 35.5. The summed E-state index contributed by atoms with van der Waals surface area (Å²) in [5.41, 5.74) is -1.01. The van der Waals surface area contributed by atoms with Gasteiger partial charge < -0.3 is 64.0 Å². The van der Waals surface area contributed by atoms with Crippen LogP contribution in [0.15, 0.2) is 4.79 Å². The Hall–Kier alpha value is -4.94. The summed E-state index contributed by atoms with van der Waals surface area (Å²) in [4.78, 5) is 83.6. The van der Waals surface area contributed by atoms with E-state index in [1.54, 1.807) is 47.3 Å². The molecule has 5 aliphatic rings. The highest BCUT2D eigenvalue weighted by Gasteiger charge is 2.57. The maximum Gasteiger partial charge on any atom is 0.413 e. The van der Waals surface area contributed by atoms with E-state index in [4.69, 9.17) is 35.3 Å². The van der Waals surface area contributed by atoms with Crippen LogP contribution in [0.1, 0.15) is 109 Å². The van der Waals surface area contributed by atoms with E-state index in [2.05, 4.69) is 17.6 Å². The van der Waals surface area contributed by atoms with Crippen LogP contribution >= 0.6 is 23.4 Å². The van der Waals surface area contributed by atoms with Gasteiger partial charge in [0, 0.05) is 44.8 Å². The predicted molar refractivity (Wildman–Crippen MR) is 275 cm³/mol. The van der Waals surface area contributed by atoms with E-state index in [9.17, 15) is 44.1 Å². The van der Waals surface area contributed by atoms with Gasteiger partial charge in [0.05, 0.1) is 37.4 Å². The number of halogens is 2. The zero-order chi connectivity index (χ0) is 53.9. The first kappa shape index (κ1) is 56.8. The van der Waals surface area contributed by atoms with Gasteiger partial charge in [-0.3, -0.25) is 24.1 Å². The van der Waals surface area contributed by atoms with Crippen LogP contribution in [-0.2, 0) is 33.3 Å². The van der Waals surface area contributed by atoms with E-state index in [0.717, 1.165) is 31.1 Å². The second-order valence-electron chi connectivity index (χ2n) is 19.9. The number of esters is 2. The number of aliphatic hydroxyl groups excluding tert-OH is 2. The van der Waals surface area contributed by atoms with Crippen molar-refractivity contribution in [2.75, 3.05) is 76.7 Å². The van der Waals surface area contributed by atoms with Crippen molar-refractivity contribution in [1.29, 1.82) is 0 Å². The van der Waals surface area contributed by atoms with Crippen molar-refractivity contribution in [3.8, 4) is 5.75 Å². The quantitative estimate of drug-likeness (QED) is 0.0475. The molecule has 5 N–H and O–H groups in total. The molecule has 24 heteroatoms. The molecule has 1 aliphatic carbocycles. The fourth-order valence-corrected chi connectivity index (χ4v) is 11.9. The molecule has 74 heavy (non-hydrogen) atoms. The number of methoxy groups -OCH3 is 1. The number of rotatable bonds is 22. The number of aliphatic hydroxyl groups is 2. The minimum Gasteiger partial charge on any atom is -0.492 e. The number of ether oxygens (including phenoxy) is 5. The third-order valence-electron chi connectivity index (χ3n) is 14.8. The Labute approximate surface area is 438 Å². The average molecular weight is 1080 g/mol. The van der Waals surface area contributed by atoms with Crippen LogP contribution < -0.4 is 25.7 Å². The molecule has 3 saturated heterocycles. The Bertz CT molecular complexity index is 2540. The molecule has 1 aromatic heterocycles. The minimum atomic E-state index is -1.66. The Morgan fingerprint density at radius 3 is 2.34 bits per heavy atom. The Morgan fingerprint density at radius 1 is 1.05 bits per heavy atom. The van der Waals surface area contributed by atoms with Gasteiger partial charge in [0.2, 0.25) is 36.7 Å². The molecule has 10 atom stereocenters. The maximum absolute atomic E-state index is 17.1. The topological polar surface area (TPSA) is 251 Å². The van der Waals surface area contributed by atoms with Crippen molar-refractivity contribution in [1.82, 2.24) is 19.7 Å². The molecule has 0 spiro atoms. The number of benzene rings is 1. The van der Waals surface area contributed by atoms with Crippen LogP contribution in [0.25, 0.3) is 10.9 Å². The Balaban J connectivity index is 0.951. The number of carbonyl (C=O) groups excluding carboxylic acids is 4. The van der Waals surface area contributed by atoms with Crippen molar-refractivity contribution in [3.63, 3.8) is 0 Å². The van der Waals surface area contributed by atoms with Crippen LogP contribution in [-0.4, -0.2) is 190 Å². The first-order valence-electron chi connectivity index (χ1n) is 25.6. The number of aromatic carboxylic acids is 1. The minimum absolute atomic E-state index is 0.0432. The van der Waals surface area contributed by atoms with Crippen LogP contribution in [0, 0.1) is 11.7 Å². The summed E-state index contributed by atoms with van der Waals surface area (Å²) >= 11 is 7.79. The predicted octanol–water partition coefficient (Wildman–Crippen LogP) is 4.39. The number of alkyl halides is 1. The molecule has 0 radical (unpaired) electrons. The van der Waals surface area contributed by atoms with Crippen molar-refractivity contribution in [2.24, 2.45) is 5.92 Å². The summed E-state index contributed by atoms with van der Waals surface area (Å²) in [7, 11) is 3.26. The summed E-state index contributed by atoms with van der Waals surface area (Å²) in [6.45, 7) is 10.1. The van der Waals surface area contributed by atoms with Gasteiger partial charge in [-0.1, -0.05) is 27.2 Å². The smallest absolute Gasteiger partial charge is 0.413 e. The van der Waals surface area contributed by atoms with Gasteiger partial charge in [0.1, 0.15) is 46.3 Å². The number of hydrogen-bond acceptors (Lipinski definition) is 17. The first-order chi connectivity index (χ1) is 35.3. The highest BCUT2D eigenvalue weighted by molar-refractivity contribution is 7.99. The van der Waals surface area contributed by atoms with Crippen LogP contribution in [0.3, 0.4) is 0 Å². The zero-order valence-electron chi connectivity index (χ0n) is 43.4. The lowest BCUT2D eigenvalue weighted by Crippen LogP contribution is -2.69. The van der Waals surface area contributed by atoms with E-state index in [-0.39, 0.29) is 71.8 Å². The highest BCUT2D eigenvalue weighted by Crippen LogP contribution is 2.50. The molecule has 0 bridgehead atoms.